The molecule has 0 saturated carbocycles. The summed E-state index contributed by atoms with van der Waals surface area (Å²) in [4.78, 5) is 25.1. The Bertz CT molecular complexity index is 1380. The standard InChI is InChI=1S/C28H19Cl3N2O5/c29-20-6-12-24(13-7-20)37-28(38-25-14-8-21(30)9-15-25)26(34)33-32-17-18-4-10-23(11-5-18)36-27(35)19-2-1-3-22(31)16-19/h1-17,28H,(H,33,34)/b32-17+. The van der Waals surface area contributed by atoms with Gasteiger partial charge in [0.2, 0.25) is 0 Å². The van der Waals surface area contributed by atoms with Gasteiger partial charge in [-0.05, 0) is 96.6 Å². The Hall–Kier alpha value is -4.04. The number of halogens is 3. The number of ether oxygens (including phenoxy) is 3. The van der Waals surface area contributed by atoms with Crippen LogP contribution in [0, 0.1) is 0 Å². The van der Waals surface area contributed by atoms with Crippen molar-refractivity contribution in [3.63, 3.8) is 0 Å². The van der Waals surface area contributed by atoms with Crippen molar-refractivity contribution in [2.24, 2.45) is 5.10 Å². The number of nitrogens with zero attached hydrogens (tertiary/aromatic N) is 1. The van der Waals surface area contributed by atoms with Crippen LogP contribution in [0.5, 0.6) is 17.2 Å². The van der Waals surface area contributed by atoms with Crippen LogP contribution < -0.4 is 19.6 Å². The van der Waals surface area contributed by atoms with Gasteiger partial charge < -0.3 is 14.2 Å². The van der Waals surface area contributed by atoms with E-state index in [0.717, 1.165) is 0 Å². The van der Waals surface area contributed by atoms with Gasteiger partial charge in [-0.2, -0.15) is 5.10 Å². The Kier molecular flexibility index (Phi) is 9.21. The second kappa shape index (κ2) is 13.0. The van der Waals surface area contributed by atoms with Crippen molar-refractivity contribution >= 4 is 52.9 Å². The number of hydrogen-bond donors (Lipinski definition) is 1. The molecule has 0 fully saturated rings. The molecule has 0 saturated heterocycles. The van der Waals surface area contributed by atoms with E-state index in [0.29, 0.717) is 43.4 Å². The number of amides is 1. The van der Waals surface area contributed by atoms with Crippen LogP contribution in [0.2, 0.25) is 15.1 Å². The molecule has 1 N–H and O–H groups in total. The van der Waals surface area contributed by atoms with Crippen molar-refractivity contribution in [1.29, 1.82) is 0 Å². The first-order valence-corrected chi connectivity index (χ1v) is 12.2. The van der Waals surface area contributed by atoms with Gasteiger partial charge in [-0.1, -0.05) is 40.9 Å². The zero-order valence-corrected chi connectivity index (χ0v) is 21.8. The number of benzene rings is 4. The summed E-state index contributed by atoms with van der Waals surface area (Å²) in [6, 6.07) is 25.9. The van der Waals surface area contributed by atoms with Crippen LogP contribution in [0.4, 0.5) is 0 Å². The molecule has 7 nitrogen and oxygen atoms in total. The third-order valence-electron chi connectivity index (χ3n) is 4.87. The number of rotatable bonds is 9. The van der Waals surface area contributed by atoms with Crippen LogP contribution in [0.15, 0.2) is 102 Å². The fourth-order valence-electron chi connectivity index (χ4n) is 3.03. The van der Waals surface area contributed by atoms with E-state index in [9.17, 15) is 9.59 Å². The average molecular weight is 570 g/mol. The first-order chi connectivity index (χ1) is 18.4. The minimum Gasteiger partial charge on any atom is -0.446 e. The van der Waals surface area contributed by atoms with Crippen molar-refractivity contribution in [3.05, 3.63) is 123 Å². The second-order valence-corrected chi connectivity index (χ2v) is 8.99. The van der Waals surface area contributed by atoms with Gasteiger partial charge in [0.25, 0.3) is 0 Å². The minimum atomic E-state index is -1.36. The third-order valence-corrected chi connectivity index (χ3v) is 5.61. The molecule has 0 aliphatic heterocycles. The lowest BCUT2D eigenvalue weighted by molar-refractivity contribution is -0.140. The number of hydrazone groups is 1. The fourth-order valence-corrected chi connectivity index (χ4v) is 3.47. The summed E-state index contributed by atoms with van der Waals surface area (Å²) < 4.78 is 16.8. The fraction of sp³-hybridized carbons (Fsp3) is 0.0357. The smallest absolute Gasteiger partial charge is 0.343 e. The molecule has 0 atom stereocenters. The summed E-state index contributed by atoms with van der Waals surface area (Å²) in [5.74, 6) is -0.110. The topological polar surface area (TPSA) is 86.2 Å². The Morgan fingerprint density at radius 3 is 1.82 bits per heavy atom. The van der Waals surface area contributed by atoms with E-state index in [4.69, 9.17) is 49.0 Å². The highest BCUT2D eigenvalue weighted by atomic mass is 35.5. The minimum absolute atomic E-state index is 0.335. The van der Waals surface area contributed by atoms with Crippen molar-refractivity contribution in [3.8, 4) is 17.2 Å². The highest BCUT2D eigenvalue weighted by molar-refractivity contribution is 6.31. The Labute approximate surface area is 233 Å². The summed E-state index contributed by atoms with van der Waals surface area (Å²) in [5, 5.41) is 5.45. The Morgan fingerprint density at radius 2 is 1.26 bits per heavy atom. The van der Waals surface area contributed by atoms with Gasteiger partial charge in [-0.15, -0.1) is 0 Å². The van der Waals surface area contributed by atoms with Crippen LogP contribution in [-0.4, -0.2) is 24.4 Å². The zero-order chi connectivity index (χ0) is 26.9. The van der Waals surface area contributed by atoms with E-state index in [2.05, 4.69) is 10.5 Å². The quantitative estimate of drug-likeness (QED) is 0.0788. The molecule has 4 aromatic rings. The number of hydrogen-bond acceptors (Lipinski definition) is 6. The summed E-state index contributed by atoms with van der Waals surface area (Å²) >= 11 is 17.8. The van der Waals surface area contributed by atoms with Crippen LogP contribution in [0.3, 0.4) is 0 Å². The van der Waals surface area contributed by atoms with Gasteiger partial charge in [-0.25, -0.2) is 10.2 Å². The van der Waals surface area contributed by atoms with Crippen LogP contribution in [0.1, 0.15) is 15.9 Å². The molecule has 4 aromatic carbocycles. The predicted octanol–water partition coefficient (Wildman–Crippen LogP) is 6.80. The molecule has 4 rings (SSSR count). The lowest BCUT2D eigenvalue weighted by Gasteiger charge is -2.19. The van der Waals surface area contributed by atoms with Crippen molar-refractivity contribution < 1.29 is 23.8 Å². The molecular weight excluding hydrogens is 551 g/mol. The zero-order valence-electron chi connectivity index (χ0n) is 19.5. The first kappa shape index (κ1) is 27.0. The van der Waals surface area contributed by atoms with Gasteiger partial charge in [0, 0.05) is 15.1 Å². The molecule has 0 radical (unpaired) electrons. The number of esters is 1. The molecule has 1 amide bonds. The van der Waals surface area contributed by atoms with Crippen molar-refractivity contribution in [2.75, 3.05) is 0 Å². The summed E-state index contributed by atoms with van der Waals surface area (Å²) in [7, 11) is 0. The molecule has 38 heavy (non-hydrogen) atoms. The van der Waals surface area contributed by atoms with E-state index < -0.39 is 18.2 Å². The summed E-state index contributed by atoms with van der Waals surface area (Å²) in [6.45, 7) is 0. The van der Waals surface area contributed by atoms with Crippen molar-refractivity contribution in [1.82, 2.24) is 5.43 Å². The molecule has 0 heterocycles. The number of nitrogens with one attached hydrogen (secondary N) is 1. The highest BCUT2D eigenvalue weighted by Gasteiger charge is 2.22. The van der Waals surface area contributed by atoms with Gasteiger partial charge in [0.1, 0.15) is 17.2 Å². The second-order valence-electron chi connectivity index (χ2n) is 7.68. The first-order valence-electron chi connectivity index (χ1n) is 11.1. The Balaban J connectivity index is 1.38. The third kappa shape index (κ3) is 7.98. The van der Waals surface area contributed by atoms with E-state index in [1.165, 1.54) is 12.3 Å². The van der Waals surface area contributed by atoms with Gasteiger partial charge in [0.15, 0.2) is 0 Å². The van der Waals surface area contributed by atoms with Gasteiger partial charge >= 0.3 is 18.2 Å². The summed E-state index contributed by atoms with van der Waals surface area (Å²) in [6.07, 6.45) is 0.0602. The SMILES string of the molecule is O=C(Oc1ccc(/C=N/NC(=O)C(Oc2ccc(Cl)cc2)Oc2ccc(Cl)cc2)cc1)c1cccc(Cl)c1. The maximum atomic E-state index is 12.8. The number of carbonyl (C=O) groups excluding carboxylic acids is 2. The molecule has 0 aromatic heterocycles. The summed E-state index contributed by atoms with van der Waals surface area (Å²) in [5.41, 5.74) is 3.37. The molecular formula is C28H19Cl3N2O5. The lowest BCUT2D eigenvalue weighted by Crippen LogP contribution is -2.40. The normalized spacial score (nSPS) is 10.8. The maximum Gasteiger partial charge on any atom is 0.343 e. The Morgan fingerprint density at radius 1 is 0.711 bits per heavy atom. The molecule has 0 unspecified atom stereocenters. The maximum absolute atomic E-state index is 12.8. The van der Waals surface area contributed by atoms with E-state index in [1.807, 2.05) is 0 Å². The molecule has 0 aliphatic carbocycles. The molecule has 192 valence electrons. The predicted molar refractivity (Wildman–Crippen MR) is 147 cm³/mol. The number of carbonyl (C=O) groups is 2. The van der Waals surface area contributed by atoms with Crippen LogP contribution in [0.25, 0.3) is 0 Å². The van der Waals surface area contributed by atoms with Gasteiger partial charge in [-0.3, -0.25) is 4.79 Å². The van der Waals surface area contributed by atoms with Gasteiger partial charge in [0.05, 0.1) is 11.8 Å². The highest BCUT2D eigenvalue weighted by Crippen LogP contribution is 2.21. The molecule has 10 heteroatoms. The van der Waals surface area contributed by atoms with Crippen molar-refractivity contribution in [2.45, 2.75) is 6.29 Å². The molecule has 0 bridgehead atoms. The van der Waals surface area contributed by atoms with E-state index in [1.54, 1.807) is 91.0 Å². The van der Waals surface area contributed by atoms with E-state index in [-0.39, 0.29) is 0 Å². The lowest BCUT2D eigenvalue weighted by atomic mass is 10.2. The monoisotopic (exact) mass is 568 g/mol. The molecule has 0 spiro atoms. The molecule has 0 aliphatic rings. The average Bonchev–Trinajstić information content (AvgIpc) is 2.91. The largest absolute Gasteiger partial charge is 0.446 e. The van der Waals surface area contributed by atoms with E-state index >= 15 is 0 Å². The van der Waals surface area contributed by atoms with Crippen LogP contribution in [-0.2, 0) is 4.79 Å². The van der Waals surface area contributed by atoms with Crippen LogP contribution >= 0.6 is 34.8 Å².